The number of nitrogens with zero attached hydrogens (tertiary/aromatic N) is 1. The Bertz CT molecular complexity index is 1490. The SMILES string of the molecule is COc1ccc(CN2C(=O)c3oc4ccc(F)cc4c(=O)c3C2c2ccc(OC)c(OC)c2)cc1. The summed E-state index contributed by atoms with van der Waals surface area (Å²) in [6.07, 6.45) is 0. The number of methoxy groups -OCH3 is 3. The van der Waals surface area contributed by atoms with Crippen molar-refractivity contribution < 1.29 is 27.8 Å². The molecule has 0 radical (unpaired) electrons. The predicted molar refractivity (Wildman–Crippen MR) is 127 cm³/mol. The smallest absolute Gasteiger partial charge is 0.291 e. The van der Waals surface area contributed by atoms with Crippen molar-refractivity contribution in [1.82, 2.24) is 4.90 Å². The van der Waals surface area contributed by atoms with Crippen LogP contribution in [-0.4, -0.2) is 32.1 Å². The van der Waals surface area contributed by atoms with E-state index >= 15 is 0 Å². The van der Waals surface area contributed by atoms with Gasteiger partial charge in [-0.1, -0.05) is 18.2 Å². The van der Waals surface area contributed by atoms with E-state index in [2.05, 4.69) is 0 Å². The summed E-state index contributed by atoms with van der Waals surface area (Å²) in [5, 5.41) is 0.0772. The number of halogens is 1. The molecule has 35 heavy (non-hydrogen) atoms. The van der Waals surface area contributed by atoms with Crippen molar-refractivity contribution in [3.05, 3.63) is 99.2 Å². The zero-order chi connectivity index (χ0) is 24.7. The fourth-order valence-electron chi connectivity index (χ4n) is 4.45. The van der Waals surface area contributed by atoms with Gasteiger partial charge in [-0.25, -0.2) is 4.39 Å². The quantitative estimate of drug-likeness (QED) is 0.402. The lowest BCUT2D eigenvalue weighted by Crippen LogP contribution is -2.29. The average molecular weight is 475 g/mol. The van der Waals surface area contributed by atoms with E-state index in [1.54, 1.807) is 42.3 Å². The van der Waals surface area contributed by atoms with Gasteiger partial charge in [0, 0.05) is 6.54 Å². The molecule has 0 saturated carbocycles. The molecular weight excluding hydrogens is 453 g/mol. The van der Waals surface area contributed by atoms with Crippen molar-refractivity contribution in [3.8, 4) is 17.2 Å². The third-order valence-corrected chi connectivity index (χ3v) is 6.16. The molecule has 0 aliphatic carbocycles. The van der Waals surface area contributed by atoms with Gasteiger partial charge in [0.1, 0.15) is 17.1 Å². The predicted octanol–water partition coefficient (Wildman–Crippen LogP) is 4.70. The molecule has 3 aromatic carbocycles. The minimum atomic E-state index is -0.775. The Kier molecular flexibility index (Phi) is 5.64. The fourth-order valence-corrected chi connectivity index (χ4v) is 4.45. The van der Waals surface area contributed by atoms with E-state index < -0.39 is 23.2 Å². The largest absolute Gasteiger partial charge is 0.497 e. The number of hydrogen-bond acceptors (Lipinski definition) is 6. The summed E-state index contributed by atoms with van der Waals surface area (Å²) in [5.74, 6) is 0.598. The number of amides is 1. The van der Waals surface area contributed by atoms with E-state index in [1.807, 2.05) is 12.1 Å². The lowest BCUT2D eigenvalue weighted by atomic mass is 9.97. The second-order valence-electron chi connectivity index (χ2n) is 8.11. The third-order valence-electron chi connectivity index (χ3n) is 6.16. The second kappa shape index (κ2) is 8.79. The van der Waals surface area contributed by atoms with Crippen LogP contribution in [0.2, 0.25) is 0 Å². The number of carbonyl (C=O) groups excluding carboxylic acids is 1. The van der Waals surface area contributed by atoms with Gasteiger partial charge in [-0.3, -0.25) is 9.59 Å². The van der Waals surface area contributed by atoms with Crippen LogP contribution in [0.15, 0.2) is 69.9 Å². The molecule has 1 aliphatic heterocycles. The van der Waals surface area contributed by atoms with Gasteiger partial charge >= 0.3 is 0 Å². The first kappa shape index (κ1) is 22.5. The van der Waals surface area contributed by atoms with Crippen LogP contribution in [0.3, 0.4) is 0 Å². The summed E-state index contributed by atoms with van der Waals surface area (Å²) in [7, 11) is 4.61. The molecule has 0 spiro atoms. The van der Waals surface area contributed by atoms with Crippen molar-refractivity contribution in [2.75, 3.05) is 21.3 Å². The van der Waals surface area contributed by atoms with Crippen LogP contribution in [0.5, 0.6) is 17.2 Å². The van der Waals surface area contributed by atoms with E-state index in [-0.39, 0.29) is 28.8 Å². The van der Waals surface area contributed by atoms with Crippen LogP contribution in [-0.2, 0) is 6.54 Å². The molecule has 8 heteroatoms. The van der Waals surface area contributed by atoms with Gasteiger partial charge < -0.3 is 23.5 Å². The molecule has 0 saturated heterocycles. The molecule has 1 aromatic heterocycles. The molecule has 7 nitrogen and oxygen atoms in total. The maximum Gasteiger partial charge on any atom is 0.291 e. The number of hydrogen-bond donors (Lipinski definition) is 0. The Morgan fingerprint density at radius 3 is 2.31 bits per heavy atom. The Balaban J connectivity index is 1.70. The van der Waals surface area contributed by atoms with Gasteiger partial charge in [-0.15, -0.1) is 0 Å². The van der Waals surface area contributed by atoms with Crippen LogP contribution < -0.4 is 19.6 Å². The summed E-state index contributed by atoms with van der Waals surface area (Å²) in [4.78, 5) is 28.7. The summed E-state index contributed by atoms with van der Waals surface area (Å²) < 4.78 is 35.9. The van der Waals surface area contributed by atoms with Crippen LogP contribution >= 0.6 is 0 Å². The zero-order valence-electron chi connectivity index (χ0n) is 19.3. The molecule has 0 fully saturated rings. The van der Waals surface area contributed by atoms with E-state index in [4.69, 9.17) is 18.6 Å². The topological polar surface area (TPSA) is 78.2 Å². The average Bonchev–Trinajstić information content (AvgIpc) is 3.16. The number of carbonyl (C=O) groups is 1. The van der Waals surface area contributed by atoms with Gasteiger partial charge in [0.25, 0.3) is 5.91 Å². The third kappa shape index (κ3) is 3.77. The van der Waals surface area contributed by atoms with Crippen LogP contribution in [0.4, 0.5) is 4.39 Å². The summed E-state index contributed by atoms with van der Waals surface area (Å²) in [5.41, 5.74) is 1.33. The molecule has 5 rings (SSSR count). The highest BCUT2D eigenvalue weighted by Gasteiger charge is 2.43. The minimum Gasteiger partial charge on any atom is -0.497 e. The van der Waals surface area contributed by atoms with Gasteiger partial charge in [-0.2, -0.15) is 0 Å². The number of rotatable bonds is 6. The van der Waals surface area contributed by atoms with Gasteiger partial charge in [-0.05, 0) is 53.6 Å². The first-order valence-electron chi connectivity index (χ1n) is 10.9. The van der Waals surface area contributed by atoms with E-state index in [0.29, 0.717) is 22.8 Å². The highest BCUT2D eigenvalue weighted by atomic mass is 19.1. The summed E-state index contributed by atoms with van der Waals surface area (Å²) in [6, 6.07) is 15.4. The van der Waals surface area contributed by atoms with Crippen molar-refractivity contribution in [3.63, 3.8) is 0 Å². The van der Waals surface area contributed by atoms with Crippen molar-refractivity contribution >= 4 is 16.9 Å². The Labute approximate surface area is 200 Å². The molecule has 178 valence electrons. The number of fused-ring (bicyclic) bond motifs is 2. The molecule has 1 atom stereocenters. The minimum absolute atomic E-state index is 0.0533. The highest BCUT2D eigenvalue weighted by molar-refractivity contribution is 5.99. The monoisotopic (exact) mass is 475 g/mol. The first-order valence-corrected chi connectivity index (χ1v) is 10.9. The van der Waals surface area contributed by atoms with E-state index in [9.17, 15) is 14.0 Å². The van der Waals surface area contributed by atoms with Crippen LogP contribution in [0, 0.1) is 5.82 Å². The fraction of sp³-hybridized carbons (Fsp3) is 0.185. The van der Waals surface area contributed by atoms with Gasteiger partial charge in [0.15, 0.2) is 16.9 Å². The standard InChI is InChI=1S/C27H22FNO6/c1-32-18-8-4-15(5-9-18)14-29-24(16-6-10-21(33-2)22(12-16)34-3)23-25(30)19-13-17(28)7-11-20(19)35-26(23)27(29)31/h4-13,24H,14H2,1-3H3. The lowest BCUT2D eigenvalue weighted by Gasteiger charge is -2.26. The molecule has 1 aliphatic rings. The highest BCUT2D eigenvalue weighted by Crippen LogP contribution is 2.41. The first-order chi connectivity index (χ1) is 16.9. The number of ether oxygens (including phenoxy) is 3. The molecule has 2 heterocycles. The van der Waals surface area contributed by atoms with E-state index in [0.717, 1.165) is 11.6 Å². The van der Waals surface area contributed by atoms with E-state index in [1.165, 1.54) is 26.4 Å². The molecule has 0 N–H and O–H groups in total. The maximum absolute atomic E-state index is 14.0. The molecule has 4 aromatic rings. The second-order valence-corrected chi connectivity index (χ2v) is 8.11. The van der Waals surface area contributed by atoms with Gasteiger partial charge in [0.2, 0.25) is 5.76 Å². The molecule has 1 unspecified atom stereocenters. The molecular formula is C27H22FNO6. The van der Waals surface area contributed by atoms with Crippen molar-refractivity contribution in [2.24, 2.45) is 0 Å². The van der Waals surface area contributed by atoms with Gasteiger partial charge in [0.05, 0.1) is 38.3 Å². The number of benzene rings is 3. The van der Waals surface area contributed by atoms with Crippen LogP contribution in [0.1, 0.15) is 33.3 Å². The Hall–Kier alpha value is -4.33. The van der Waals surface area contributed by atoms with Crippen LogP contribution in [0.25, 0.3) is 11.0 Å². The Morgan fingerprint density at radius 1 is 0.886 bits per heavy atom. The maximum atomic E-state index is 14.0. The van der Waals surface area contributed by atoms with Crippen molar-refractivity contribution in [1.29, 1.82) is 0 Å². The molecule has 1 amide bonds. The lowest BCUT2D eigenvalue weighted by molar-refractivity contribution is 0.0714. The van der Waals surface area contributed by atoms with Crippen molar-refractivity contribution in [2.45, 2.75) is 12.6 Å². The molecule has 0 bridgehead atoms. The summed E-state index contributed by atoms with van der Waals surface area (Å²) in [6.45, 7) is 0.205. The normalized spacial score (nSPS) is 14.8. The zero-order valence-corrected chi connectivity index (χ0v) is 19.3. The summed E-state index contributed by atoms with van der Waals surface area (Å²) >= 11 is 0. The Morgan fingerprint density at radius 2 is 1.63 bits per heavy atom.